The zero-order valence-corrected chi connectivity index (χ0v) is 10.3. The van der Waals surface area contributed by atoms with E-state index in [1.165, 1.54) is 0 Å². The van der Waals surface area contributed by atoms with E-state index in [4.69, 9.17) is 9.47 Å². The van der Waals surface area contributed by atoms with Crippen molar-refractivity contribution in [3.8, 4) is 0 Å². The van der Waals surface area contributed by atoms with E-state index in [1.807, 2.05) is 44.2 Å². The van der Waals surface area contributed by atoms with Crippen molar-refractivity contribution >= 4 is 5.97 Å². The van der Waals surface area contributed by atoms with Crippen molar-refractivity contribution in [2.75, 3.05) is 6.61 Å². The van der Waals surface area contributed by atoms with Crippen LogP contribution in [0.25, 0.3) is 0 Å². The minimum Gasteiger partial charge on any atom is -0.425 e. The van der Waals surface area contributed by atoms with Gasteiger partial charge in [0.2, 0.25) is 5.79 Å². The van der Waals surface area contributed by atoms with E-state index in [2.05, 4.69) is 6.58 Å². The minimum absolute atomic E-state index is 0.465. The molecule has 0 aromatic heterocycles. The first kappa shape index (κ1) is 13.5. The van der Waals surface area contributed by atoms with Gasteiger partial charge in [-0.2, -0.15) is 0 Å². The molecular weight excluding hydrogens is 216 g/mol. The molecule has 1 aromatic carbocycles. The van der Waals surface area contributed by atoms with E-state index in [0.717, 1.165) is 11.6 Å². The van der Waals surface area contributed by atoms with Gasteiger partial charge >= 0.3 is 5.97 Å². The average molecular weight is 234 g/mol. The van der Waals surface area contributed by atoms with Crippen LogP contribution in [0.3, 0.4) is 0 Å². The zero-order valence-electron chi connectivity index (χ0n) is 10.3. The van der Waals surface area contributed by atoms with Crippen LogP contribution in [0, 0.1) is 0 Å². The summed E-state index contributed by atoms with van der Waals surface area (Å²) in [6.45, 7) is 7.65. The summed E-state index contributed by atoms with van der Waals surface area (Å²) in [5, 5.41) is 0. The van der Waals surface area contributed by atoms with Crippen LogP contribution in [0.2, 0.25) is 0 Å². The summed E-state index contributed by atoms with van der Waals surface area (Å²) in [5.74, 6) is -1.49. The van der Waals surface area contributed by atoms with E-state index >= 15 is 0 Å². The average Bonchev–Trinajstić information content (AvgIpc) is 2.39. The normalized spacial score (nSPS) is 13.8. The van der Waals surface area contributed by atoms with Crippen molar-refractivity contribution in [1.29, 1.82) is 0 Å². The van der Waals surface area contributed by atoms with Gasteiger partial charge in [-0.25, -0.2) is 4.79 Å². The summed E-state index contributed by atoms with van der Waals surface area (Å²) >= 11 is 0. The summed E-state index contributed by atoms with van der Waals surface area (Å²) < 4.78 is 11.0. The van der Waals surface area contributed by atoms with Gasteiger partial charge in [0.25, 0.3) is 0 Å². The van der Waals surface area contributed by atoms with E-state index in [0.29, 0.717) is 13.0 Å². The third-order valence-electron chi connectivity index (χ3n) is 2.49. The number of hydrogen-bond donors (Lipinski definition) is 0. The Balaban J connectivity index is 3.08. The summed E-state index contributed by atoms with van der Waals surface area (Å²) in [5.41, 5.74) is 0.833. The molecule has 0 N–H and O–H groups in total. The number of carbonyl (C=O) groups is 1. The number of ether oxygens (including phenoxy) is 2. The Hall–Kier alpha value is -1.61. The Morgan fingerprint density at radius 2 is 2.00 bits per heavy atom. The third kappa shape index (κ3) is 3.17. The first-order chi connectivity index (χ1) is 8.18. The molecule has 1 unspecified atom stereocenters. The van der Waals surface area contributed by atoms with Crippen LogP contribution in [0.15, 0.2) is 43.0 Å². The number of rotatable bonds is 6. The lowest BCUT2D eigenvalue weighted by Crippen LogP contribution is -2.34. The first-order valence-electron chi connectivity index (χ1n) is 5.73. The van der Waals surface area contributed by atoms with Crippen molar-refractivity contribution in [2.24, 2.45) is 0 Å². The fourth-order valence-electron chi connectivity index (χ4n) is 1.68. The molecule has 3 nitrogen and oxygen atoms in total. The lowest BCUT2D eigenvalue weighted by atomic mass is 10.0. The molecule has 92 valence electrons. The Morgan fingerprint density at radius 3 is 2.47 bits per heavy atom. The molecule has 1 aromatic rings. The molecule has 0 fully saturated rings. The molecule has 0 saturated heterocycles. The van der Waals surface area contributed by atoms with Gasteiger partial charge in [-0.3, -0.25) is 0 Å². The lowest BCUT2D eigenvalue weighted by Gasteiger charge is -2.32. The fraction of sp³-hybridized carbons (Fsp3) is 0.357. The molecule has 0 saturated carbocycles. The molecule has 0 spiro atoms. The smallest absolute Gasteiger partial charge is 0.332 e. The van der Waals surface area contributed by atoms with E-state index in [-0.39, 0.29) is 0 Å². The predicted molar refractivity (Wildman–Crippen MR) is 66.3 cm³/mol. The number of hydrogen-bond acceptors (Lipinski definition) is 3. The van der Waals surface area contributed by atoms with Gasteiger partial charge in [0.1, 0.15) is 0 Å². The van der Waals surface area contributed by atoms with Crippen molar-refractivity contribution < 1.29 is 14.3 Å². The summed E-state index contributed by atoms with van der Waals surface area (Å²) in [7, 11) is 0. The summed E-state index contributed by atoms with van der Waals surface area (Å²) in [4.78, 5) is 11.4. The Bertz CT molecular complexity index is 372. The van der Waals surface area contributed by atoms with Crippen molar-refractivity contribution in [1.82, 2.24) is 0 Å². The predicted octanol–water partition coefficient (Wildman–Crippen LogP) is 3.02. The highest BCUT2D eigenvalue weighted by Gasteiger charge is 2.34. The fourth-order valence-corrected chi connectivity index (χ4v) is 1.68. The maximum atomic E-state index is 11.4. The first-order valence-corrected chi connectivity index (χ1v) is 5.73. The molecular formula is C14H18O3. The maximum Gasteiger partial charge on any atom is 0.332 e. The van der Waals surface area contributed by atoms with Crippen LogP contribution in [-0.2, 0) is 20.1 Å². The molecule has 0 aliphatic rings. The minimum atomic E-state index is -1.01. The van der Waals surface area contributed by atoms with Crippen LogP contribution in [0.4, 0.5) is 0 Å². The van der Waals surface area contributed by atoms with E-state index < -0.39 is 11.8 Å². The summed E-state index contributed by atoms with van der Waals surface area (Å²) in [6.07, 6.45) is 1.69. The molecule has 17 heavy (non-hydrogen) atoms. The highest BCUT2D eigenvalue weighted by molar-refractivity contribution is 5.81. The molecule has 0 aliphatic carbocycles. The van der Waals surface area contributed by atoms with Gasteiger partial charge in [-0.05, 0) is 6.92 Å². The van der Waals surface area contributed by atoms with Crippen LogP contribution >= 0.6 is 0 Å². The number of carbonyl (C=O) groups excluding carboxylic acids is 1. The largest absolute Gasteiger partial charge is 0.425 e. The monoisotopic (exact) mass is 234 g/mol. The van der Waals surface area contributed by atoms with Crippen molar-refractivity contribution in [2.45, 2.75) is 26.1 Å². The molecule has 1 rings (SSSR count). The second-order valence-electron chi connectivity index (χ2n) is 3.53. The second kappa shape index (κ2) is 6.21. The van der Waals surface area contributed by atoms with E-state index in [9.17, 15) is 4.79 Å². The lowest BCUT2D eigenvalue weighted by molar-refractivity contribution is -0.235. The van der Waals surface area contributed by atoms with Gasteiger partial charge in [0.15, 0.2) is 0 Å². The topological polar surface area (TPSA) is 35.5 Å². The highest BCUT2D eigenvalue weighted by Crippen LogP contribution is 2.31. The SMILES string of the molecule is C=CC(=O)OC(CC)(OCC)c1ccccc1. The van der Waals surface area contributed by atoms with E-state index in [1.54, 1.807) is 0 Å². The Kier molecular flexibility index (Phi) is 4.91. The second-order valence-corrected chi connectivity index (χ2v) is 3.53. The summed E-state index contributed by atoms with van der Waals surface area (Å²) in [6, 6.07) is 9.46. The van der Waals surface area contributed by atoms with Crippen molar-refractivity contribution in [3.05, 3.63) is 48.6 Å². The zero-order chi connectivity index (χ0) is 12.7. The van der Waals surface area contributed by atoms with Gasteiger partial charge in [0.05, 0.1) is 0 Å². The Morgan fingerprint density at radius 1 is 1.35 bits per heavy atom. The highest BCUT2D eigenvalue weighted by atomic mass is 16.7. The molecule has 0 amide bonds. The van der Waals surface area contributed by atoms with Crippen LogP contribution in [0.1, 0.15) is 25.8 Å². The standard InChI is InChI=1S/C14H18O3/c1-4-13(15)17-14(5-2,16-6-3)12-10-8-7-9-11-12/h4,7-11H,1,5-6H2,2-3H3. The molecule has 1 atom stereocenters. The Labute approximate surface area is 102 Å². The number of benzene rings is 1. The van der Waals surface area contributed by atoms with Crippen LogP contribution in [-0.4, -0.2) is 12.6 Å². The molecule has 0 aliphatic heterocycles. The van der Waals surface area contributed by atoms with Gasteiger partial charge in [-0.1, -0.05) is 43.8 Å². The van der Waals surface area contributed by atoms with Gasteiger partial charge < -0.3 is 9.47 Å². The third-order valence-corrected chi connectivity index (χ3v) is 2.49. The maximum absolute atomic E-state index is 11.4. The van der Waals surface area contributed by atoms with Crippen molar-refractivity contribution in [3.63, 3.8) is 0 Å². The molecule has 0 heterocycles. The molecule has 3 heteroatoms. The quantitative estimate of drug-likeness (QED) is 0.431. The van der Waals surface area contributed by atoms with Crippen LogP contribution in [0.5, 0.6) is 0 Å². The van der Waals surface area contributed by atoms with Gasteiger partial charge in [-0.15, -0.1) is 0 Å². The number of esters is 1. The molecule has 0 radical (unpaired) electrons. The van der Waals surface area contributed by atoms with Gasteiger partial charge in [0, 0.05) is 24.7 Å². The molecule has 0 bridgehead atoms. The van der Waals surface area contributed by atoms with Crippen LogP contribution < -0.4 is 0 Å².